The number of benzene rings is 1. The first-order valence-corrected chi connectivity index (χ1v) is 8.15. The third kappa shape index (κ3) is 3.83. The maximum absolute atomic E-state index is 4.47. The fourth-order valence-corrected chi connectivity index (χ4v) is 3.27. The first-order valence-electron chi connectivity index (χ1n) is 7.35. The highest BCUT2D eigenvalue weighted by molar-refractivity contribution is 9.10. The van der Waals surface area contributed by atoms with E-state index in [9.17, 15) is 0 Å². The Bertz CT molecular complexity index is 600. The summed E-state index contributed by atoms with van der Waals surface area (Å²) in [5, 5.41) is 3.58. The minimum Gasteiger partial charge on any atom is -0.366 e. The molecule has 2 aromatic rings. The summed E-state index contributed by atoms with van der Waals surface area (Å²) in [4.78, 5) is 6.98. The van der Waals surface area contributed by atoms with Crippen molar-refractivity contribution in [2.75, 3.05) is 18.4 Å². The van der Waals surface area contributed by atoms with Crippen LogP contribution in [0.15, 0.2) is 47.1 Å². The molecule has 1 aliphatic heterocycles. The Morgan fingerprint density at radius 1 is 1.33 bits per heavy atom. The number of hydrogen-bond acceptors (Lipinski definition) is 3. The van der Waals surface area contributed by atoms with E-state index >= 15 is 0 Å². The van der Waals surface area contributed by atoms with Crippen molar-refractivity contribution in [3.8, 4) is 0 Å². The van der Waals surface area contributed by atoms with Gasteiger partial charge in [-0.3, -0.25) is 4.90 Å². The first-order chi connectivity index (χ1) is 10.2. The van der Waals surface area contributed by atoms with Gasteiger partial charge in [-0.2, -0.15) is 0 Å². The zero-order valence-electron chi connectivity index (χ0n) is 12.2. The Morgan fingerprint density at radius 3 is 2.90 bits per heavy atom. The molecule has 0 bridgehead atoms. The highest BCUT2D eigenvalue weighted by Gasteiger charge is 2.22. The van der Waals surface area contributed by atoms with Crippen molar-refractivity contribution in [2.45, 2.75) is 25.9 Å². The SMILES string of the molecule is Cc1cc(Br)cnc1NC1CCN(Cc2ccccc2)C1. The number of hydrogen-bond donors (Lipinski definition) is 1. The van der Waals surface area contributed by atoms with Crippen LogP contribution < -0.4 is 5.32 Å². The van der Waals surface area contributed by atoms with Crippen molar-refractivity contribution in [3.05, 3.63) is 58.2 Å². The minimum atomic E-state index is 0.487. The predicted molar refractivity (Wildman–Crippen MR) is 90.4 cm³/mol. The van der Waals surface area contributed by atoms with Gasteiger partial charge in [-0.1, -0.05) is 30.3 Å². The second kappa shape index (κ2) is 6.58. The van der Waals surface area contributed by atoms with Crippen LogP contribution in [0.4, 0.5) is 5.82 Å². The summed E-state index contributed by atoms with van der Waals surface area (Å²) in [7, 11) is 0. The predicted octanol–water partition coefficient (Wildman–Crippen LogP) is 3.84. The van der Waals surface area contributed by atoms with Crippen LogP contribution in [-0.4, -0.2) is 29.0 Å². The van der Waals surface area contributed by atoms with Crippen LogP contribution in [0.5, 0.6) is 0 Å². The third-order valence-electron chi connectivity index (χ3n) is 3.91. The molecule has 110 valence electrons. The molecular weight excluding hydrogens is 326 g/mol. The van der Waals surface area contributed by atoms with Gasteiger partial charge < -0.3 is 5.32 Å². The normalized spacial score (nSPS) is 18.9. The number of aromatic nitrogens is 1. The van der Waals surface area contributed by atoms with Gasteiger partial charge in [-0.15, -0.1) is 0 Å². The molecule has 3 rings (SSSR count). The lowest BCUT2D eigenvalue weighted by Gasteiger charge is -2.18. The zero-order valence-corrected chi connectivity index (χ0v) is 13.8. The van der Waals surface area contributed by atoms with Gasteiger partial charge in [0.1, 0.15) is 5.82 Å². The number of halogens is 1. The summed E-state index contributed by atoms with van der Waals surface area (Å²) in [5.74, 6) is 1.00. The molecule has 1 atom stereocenters. The Balaban J connectivity index is 1.57. The first kappa shape index (κ1) is 14.5. The highest BCUT2D eigenvalue weighted by atomic mass is 79.9. The fourth-order valence-electron chi connectivity index (χ4n) is 2.82. The second-order valence-corrected chi connectivity index (χ2v) is 6.59. The van der Waals surface area contributed by atoms with Crippen LogP contribution in [0.1, 0.15) is 17.5 Å². The molecule has 2 heterocycles. The number of nitrogens with zero attached hydrogens (tertiary/aromatic N) is 2. The van der Waals surface area contributed by atoms with Gasteiger partial charge in [0, 0.05) is 36.3 Å². The van der Waals surface area contributed by atoms with Gasteiger partial charge in [0.05, 0.1) is 0 Å². The summed E-state index contributed by atoms with van der Waals surface area (Å²) in [6.07, 6.45) is 3.02. The molecule has 1 aromatic carbocycles. The van der Waals surface area contributed by atoms with E-state index in [2.05, 4.69) is 74.5 Å². The van der Waals surface area contributed by atoms with Crippen molar-refractivity contribution in [2.24, 2.45) is 0 Å². The molecule has 1 unspecified atom stereocenters. The van der Waals surface area contributed by atoms with E-state index < -0.39 is 0 Å². The molecule has 3 nitrogen and oxygen atoms in total. The van der Waals surface area contributed by atoms with Crippen LogP contribution in [0, 0.1) is 6.92 Å². The molecular formula is C17H20BrN3. The van der Waals surface area contributed by atoms with E-state index in [1.165, 1.54) is 17.5 Å². The van der Waals surface area contributed by atoms with Gasteiger partial charge in [-0.05, 0) is 46.5 Å². The van der Waals surface area contributed by atoms with Crippen LogP contribution in [0.2, 0.25) is 0 Å². The van der Waals surface area contributed by atoms with Crippen LogP contribution in [-0.2, 0) is 6.54 Å². The zero-order chi connectivity index (χ0) is 14.7. The standard InChI is InChI=1S/C17H20BrN3/c1-13-9-15(18)10-19-17(13)20-16-7-8-21(12-16)11-14-5-3-2-4-6-14/h2-6,9-10,16H,7-8,11-12H2,1H3,(H,19,20). The summed E-state index contributed by atoms with van der Waals surface area (Å²) < 4.78 is 1.03. The Kier molecular flexibility index (Phi) is 4.56. The molecule has 1 fully saturated rings. The topological polar surface area (TPSA) is 28.2 Å². The number of likely N-dealkylation sites (tertiary alicyclic amines) is 1. The smallest absolute Gasteiger partial charge is 0.129 e. The van der Waals surface area contributed by atoms with Crippen molar-refractivity contribution in [1.29, 1.82) is 0 Å². The molecule has 1 saturated heterocycles. The van der Waals surface area contributed by atoms with E-state index in [-0.39, 0.29) is 0 Å². The van der Waals surface area contributed by atoms with Crippen molar-refractivity contribution in [3.63, 3.8) is 0 Å². The van der Waals surface area contributed by atoms with Crippen LogP contribution >= 0.6 is 15.9 Å². The molecule has 1 aromatic heterocycles. The highest BCUT2D eigenvalue weighted by Crippen LogP contribution is 2.21. The summed E-state index contributed by atoms with van der Waals surface area (Å²) in [5.41, 5.74) is 2.57. The average Bonchev–Trinajstić information content (AvgIpc) is 2.90. The Morgan fingerprint density at radius 2 is 2.14 bits per heavy atom. The van der Waals surface area contributed by atoms with E-state index in [4.69, 9.17) is 0 Å². The Labute approximate surface area is 134 Å². The summed E-state index contributed by atoms with van der Waals surface area (Å²) >= 11 is 3.46. The number of rotatable bonds is 4. The van der Waals surface area contributed by atoms with E-state index in [1.54, 1.807) is 0 Å². The average molecular weight is 346 g/mol. The van der Waals surface area contributed by atoms with Gasteiger partial charge in [0.2, 0.25) is 0 Å². The maximum atomic E-state index is 4.47. The summed E-state index contributed by atoms with van der Waals surface area (Å²) in [6.45, 7) is 5.34. The van der Waals surface area contributed by atoms with Crippen molar-refractivity contribution >= 4 is 21.7 Å². The fraction of sp³-hybridized carbons (Fsp3) is 0.353. The Hall–Kier alpha value is -1.39. The van der Waals surface area contributed by atoms with Crippen molar-refractivity contribution in [1.82, 2.24) is 9.88 Å². The van der Waals surface area contributed by atoms with Crippen LogP contribution in [0.25, 0.3) is 0 Å². The molecule has 4 heteroatoms. The van der Waals surface area contributed by atoms with Crippen LogP contribution in [0.3, 0.4) is 0 Å². The van der Waals surface area contributed by atoms with Gasteiger partial charge >= 0.3 is 0 Å². The lowest BCUT2D eigenvalue weighted by atomic mass is 10.2. The molecule has 0 saturated carbocycles. The molecule has 0 aliphatic carbocycles. The van der Waals surface area contributed by atoms with Gasteiger partial charge in [-0.25, -0.2) is 4.98 Å². The largest absolute Gasteiger partial charge is 0.366 e. The maximum Gasteiger partial charge on any atom is 0.129 e. The molecule has 0 spiro atoms. The van der Waals surface area contributed by atoms with Gasteiger partial charge in [0.15, 0.2) is 0 Å². The second-order valence-electron chi connectivity index (χ2n) is 5.67. The quantitative estimate of drug-likeness (QED) is 0.912. The monoisotopic (exact) mass is 345 g/mol. The molecule has 0 amide bonds. The number of anilines is 1. The lowest BCUT2D eigenvalue weighted by Crippen LogP contribution is -2.26. The number of pyridine rings is 1. The van der Waals surface area contributed by atoms with E-state index in [1.807, 2.05) is 6.20 Å². The third-order valence-corrected chi connectivity index (χ3v) is 4.34. The van der Waals surface area contributed by atoms with E-state index in [0.29, 0.717) is 6.04 Å². The molecule has 0 radical (unpaired) electrons. The molecule has 21 heavy (non-hydrogen) atoms. The number of nitrogens with one attached hydrogen (secondary N) is 1. The van der Waals surface area contributed by atoms with Crippen molar-refractivity contribution < 1.29 is 0 Å². The minimum absolute atomic E-state index is 0.487. The molecule has 1 aliphatic rings. The van der Waals surface area contributed by atoms with E-state index in [0.717, 1.165) is 29.9 Å². The molecule has 1 N–H and O–H groups in total. The number of aryl methyl sites for hydroxylation is 1. The summed E-state index contributed by atoms with van der Waals surface area (Å²) in [6, 6.07) is 13.3. The van der Waals surface area contributed by atoms with Gasteiger partial charge in [0.25, 0.3) is 0 Å². The lowest BCUT2D eigenvalue weighted by molar-refractivity contribution is 0.328.